The summed E-state index contributed by atoms with van der Waals surface area (Å²) < 4.78 is 3.92. The zero-order chi connectivity index (χ0) is 24.2. The smallest absolute Gasteiger partial charge is 0.279 e. The Kier molecular flexibility index (Phi) is 6.95. The second-order valence-electron chi connectivity index (χ2n) is 9.47. The minimum absolute atomic E-state index is 0.00380. The molecular formula is C28H34N6O. The molecule has 4 aromatic rings. The van der Waals surface area contributed by atoms with Crippen LogP contribution < -0.4 is 16.2 Å². The van der Waals surface area contributed by atoms with Crippen LogP contribution in [-0.2, 0) is 25.9 Å². The fourth-order valence-electron chi connectivity index (χ4n) is 5.04. The van der Waals surface area contributed by atoms with Crippen molar-refractivity contribution in [3.8, 4) is 0 Å². The standard InChI is InChI=1S/C28H34N6O/c1-2-17-33-24(16-15-21-10-5-3-6-11-21)30-26-25(27(33)35)34(19-22-12-7-4-8-13-22)28(31-26)32-18-9-14-23(29)20-32/h3-8,10-13,23H,2,9,14-20,29H2,1H3. The molecule has 1 aliphatic heterocycles. The molecule has 7 heteroatoms. The topological polar surface area (TPSA) is 82.0 Å². The molecule has 0 spiro atoms. The van der Waals surface area contributed by atoms with Crippen molar-refractivity contribution in [2.24, 2.45) is 5.73 Å². The van der Waals surface area contributed by atoms with Gasteiger partial charge >= 0.3 is 0 Å². The molecule has 1 aliphatic rings. The van der Waals surface area contributed by atoms with Gasteiger partial charge in [-0.3, -0.25) is 13.9 Å². The third-order valence-electron chi connectivity index (χ3n) is 6.77. The van der Waals surface area contributed by atoms with E-state index in [-0.39, 0.29) is 11.6 Å². The average Bonchev–Trinajstić information content (AvgIpc) is 3.24. The van der Waals surface area contributed by atoms with Crippen molar-refractivity contribution in [1.29, 1.82) is 0 Å². The summed E-state index contributed by atoms with van der Waals surface area (Å²) in [6, 6.07) is 20.7. The van der Waals surface area contributed by atoms with Crippen LogP contribution in [0.15, 0.2) is 65.5 Å². The molecule has 2 N–H and O–H groups in total. The normalized spacial score (nSPS) is 16.2. The first-order valence-electron chi connectivity index (χ1n) is 12.7. The Labute approximate surface area is 206 Å². The van der Waals surface area contributed by atoms with Gasteiger partial charge in [0.25, 0.3) is 5.56 Å². The van der Waals surface area contributed by atoms with Gasteiger partial charge in [-0.05, 0) is 36.8 Å². The summed E-state index contributed by atoms with van der Waals surface area (Å²) >= 11 is 0. The largest absolute Gasteiger partial charge is 0.341 e. The second-order valence-corrected chi connectivity index (χ2v) is 9.47. The molecular weight excluding hydrogens is 436 g/mol. The Morgan fingerprint density at radius 1 is 0.943 bits per heavy atom. The van der Waals surface area contributed by atoms with Crippen LogP contribution in [0.5, 0.6) is 0 Å². The van der Waals surface area contributed by atoms with E-state index in [1.54, 1.807) is 0 Å². The zero-order valence-corrected chi connectivity index (χ0v) is 20.4. The van der Waals surface area contributed by atoms with E-state index in [0.29, 0.717) is 30.7 Å². The third kappa shape index (κ3) is 5.00. The highest BCUT2D eigenvalue weighted by Gasteiger charge is 2.26. The molecule has 5 rings (SSSR count). The fourth-order valence-corrected chi connectivity index (χ4v) is 5.04. The Balaban J connectivity index is 1.62. The lowest BCUT2D eigenvalue weighted by atomic mass is 10.1. The summed E-state index contributed by atoms with van der Waals surface area (Å²) in [6.45, 7) is 4.94. The summed E-state index contributed by atoms with van der Waals surface area (Å²) in [7, 11) is 0. The van der Waals surface area contributed by atoms with E-state index < -0.39 is 0 Å². The van der Waals surface area contributed by atoms with Gasteiger partial charge in [-0.1, -0.05) is 67.6 Å². The number of fused-ring (bicyclic) bond motifs is 1. The van der Waals surface area contributed by atoms with Crippen molar-refractivity contribution in [3.63, 3.8) is 0 Å². The molecule has 1 unspecified atom stereocenters. The number of benzene rings is 2. The fraction of sp³-hybridized carbons (Fsp3) is 0.393. The van der Waals surface area contributed by atoms with Crippen LogP contribution in [-0.4, -0.2) is 38.2 Å². The van der Waals surface area contributed by atoms with Crippen molar-refractivity contribution in [2.45, 2.75) is 58.2 Å². The summed E-state index contributed by atoms with van der Waals surface area (Å²) in [6.07, 6.45) is 4.43. The Hall–Kier alpha value is -3.45. The minimum atomic E-state index is -0.00380. The minimum Gasteiger partial charge on any atom is -0.341 e. The zero-order valence-electron chi connectivity index (χ0n) is 20.4. The molecule has 2 aromatic carbocycles. The molecule has 7 nitrogen and oxygen atoms in total. The van der Waals surface area contributed by atoms with Crippen LogP contribution in [0.1, 0.15) is 43.1 Å². The van der Waals surface area contributed by atoms with Crippen molar-refractivity contribution in [1.82, 2.24) is 19.1 Å². The molecule has 0 saturated carbocycles. The molecule has 1 saturated heterocycles. The third-order valence-corrected chi connectivity index (χ3v) is 6.77. The summed E-state index contributed by atoms with van der Waals surface area (Å²) in [5, 5.41) is 0. The van der Waals surface area contributed by atoms with E-state index >= 15 is 0 Å². The quantitative estimate of drug-likeness (QED) is 0.424. The molecule has 0 bridgehead atoms. The Bertz CT molecular complexity index is 1330. The first-order chi connectivity index (χ1) is 17.1. The molecule has 1 fully saturated rings. The number of piperidine rings is 1. The van der Waals surface area contributed by atoms with E-state index in [0.717, 1.165) is 56.1 Å². The predicted octanol–water partition coefficient (Wildman–Crippen LogP) is 3.76. The molecule has 3 heterocycles. The lowest BCUT2D eigenvalue weighted by Crippen LogP contribution is -2.44. The molecule has 0 radical (unpaired) electrons. The first-order valence-corrected chi connectivity index (χ1v) is 12.7. The molecule has 35 heavy (non-hydrogen) atoms. The van der Waals surface area contributed by atoms with Crippen LogP contribution in [0.2, 0.25) is 0 Å². The number of hydrogen-bond acceptors (Lipinski definition) is 5. The highest BCUT2D eigenvalue weighted by molar-refractivity contribution is 5.74. The number of rotatable bonds is 8. The van der Waals surface area contributed by atoms with E-state index in [2.05, 4.69) is 40.7 Å². The van der Waals surface area contributed by atoms with Gasteiger partial charge in [0, 0.05) is 32.1 Å². The number of nitrogens with zero attached hydrogens (tertiary/aromatic N) is 5. The van der Waals surface area contributed by atoms with Crippen LogP contribution in [0.4, 0.5) is 5.95 Å². The summed E-state index contributed by atoms with van der Waals surface area (Å²) in [5.74, 6) is 1.60. The van der Waals surface area contributed by atoms with Crippen molar-refractivity contribution in [2.75, 3.05) is 18.0 Å². The molecule has 0 amide bonds. The molecule has 0 aliphatic carbocycles. The molecule has 1 atom stereocenters. The van der Waals surface area contributed by atoms with Crippen LogP contribution >= 0.6 is 0 Å². The van der Waals surface area contributed by atoms with Gasteiger partial charge < -0.3 is 10.6 Å². The average molecular weight is 471 g/mol. The van der Waals surface area contributed by atoms with Gasteiger partial charge in [-0.2, -0.15) is 4.98 Å². The maximum absolute atomic E-state index is 13.9. The SMILES string of the molecule is CCCn1c(CCc2ccccc2)nc2nc(N3CCCC(N)C3)n(Cc3ccccc3)c2c1=O. The monoisotopic (exact) mass is 470 g/mol. The lowest BCUT2D eigenvalue weighted by molar-refractivity contribution is 0.495. The number of aryl methyl sites for hydroxylation is 2. The van der Waals surface area contributed by atoms with Gasteiger partial charge in [0.15, 0.2) is 11.2 Å². The molecule has 2 aromatic heterocycles. The highest BCUT2D eigenvalue weighted by atomic mass is 16.1. The number of hydrogen-bond donors (Lipinski definition) is 1. The van der Waals surface area contributed by atoms with E-state index in [9.17, 15) is 4.79 Å². The van der Waals surface area contributed by atoms with Gasteiger partial charge in [-0.15, -0.1) is 0 Å². The van der Waals surface area contributed by atoms with Gasteiger partial charge in [0.05, 0.1) is 6.54 Å². The van der Waals surface area contributed by atoms with Crippen molar-refractivity contribution >= 4 is 17.1 Å². The Morgan fingerprint density at radius 3 is 2.34 bits per heavy atom. The summed E-state index contributed by atoms with van der Waals surface area (Å²) in [4.78, 5) is 26.1. The number of nitrogens with two attached hydrogens (primary N) is 1. The predicted molar refractivity (Wildman–Crippen MR) is 141 cm³/mol. The van der Waals surface area contributed by atoms with Gasteiger partial charge in [0.1, 0.15) is 5.82 Å². The van der Waals surface area contributed by atoms with Gasteiger partial charge in [-0.25, -0.2) is 4.98 Å². The van der Waals surface area contributed by atoms with Crippen molar-refractivity contribution < 1.29 is 0 Å². The van der Waals surface area contributed by atoms with E-state index in [1.807, 2.05) is 41.0 Å². The van der Waals surface area contributed by atoms with Crippen LogP contribution in [0.25, 0.3) is 11.2 Å². The van der Waals surface area contributed by atoms with Crippen LogP contribution in [0, 0.1) is 0 Å². The summed E-state index contributed by atoms with van der Waals surface area (Å²) in [5.41, 5.74) is 9.80. The maximum Gasteiger partial charge on any atom is 0.279 e. The number of imidazole rings is 1. The molecule has 182 valence electrons. The van der Waals surface area contributed by atoms with Crippen molar-refractivity contribution in [3.05, 3.63) is 88.0 Å². The number of aromatic nitrogens is 4. The Morgan fingerprint density at radius 2 is 1.66 bits per heavy atom. The number of anilines is 1. The first kappa shape index (κ1) is 23.3. The highest BCUT2D eigenvalue weighted by Crippen LogP contribution is 2.24. The second kappa shape index (κ2) is 10.4. The van der Waals surface area contributed by atoms with E-state index in [1.165, 1.54) is 5.56 Å². The van der Waals surface area contributed by atoms with E-state index in [4.69, 9.17) is 15.7 Å². The maximum atomic E-state index is 13.9. The van der Waals surface area contributed by atoms with Gasteiger partial charge in [0.2, 0.25) is 5.95 Å². The van der Waals surface area contributed by atoms with Crippen LogP contribution in [0.3, 0.4) is 0 Å². The lowest BCUT2D eigenvalue weighted by Gasteiger charge is -2.31.